The molecule has 0 bridgehead atoms. The maximum atomic E-state index is 13.1. The zero-order chi connectivity index (χ0) is 21.1. The summed E-state index contributed by atoms with van der Waals surface area (Å²) in [5, 5.41) is 2.76. The van der Waals surface area contributed by atoms with Crippen LogP contribution in [0.25, 0.3) is 0 Å². The van der Waals surface area contributed by atoms with E-state index in [1.165, 1.54) is 31.6 Å². The number of pyridine rings is 1. The minimum atomic E-state index is -4.47. The van der Waals surface area contributed by atoms with Crippen molar-refractivity contribution in [2.24, 2.45) is 11.8 Å². The summed E-state index contributed by atoms with van der Waals surface area (Å²) in [6.45, 7) is 4.63. The molecule has 0 aromatic carbocycles. The van der Waals surface area contributed by atoms with Gasteiger partial charge in [0.2, 0.25) is 5.91 Å². The van der Waals surface area contributed by atoms with E-state index in [9.17, 15) is 18.0 Å². The van der Waals surface area contributed by atoms with Crippen molar-refractivity contribution in [3.8, 4) is 0 Å². The first-order valence-electron chi connectivity index (χ1n) is 10.8. The Hall–Kier alpha value is -1.87. The number of ether oxygens (including phenoxy) is 1. The Morgan fingerprint density at radius 3 is 2.57 bits per heavy atom. The van der Waals surface area contributed by atoms with Gasteiger partial charge in [0.25, 0.3) is 0 Å². The van der Waals surface area contributed by atoms with Gasteiger partial charge in [0.05, 0.1) is 11.7 Å². The number of amides is 1. The third-order valence-electron chi connectivity index (χ3n) is 6.23. The Bertz CT molecular complexity index is 733. The topological polar surface area (TPSA) is 57.7 Å². The molecule has 2 aliphatic heterocycles. The molecule has 1 atom stereocenters. The molecule has 0 radical (unpaired) electrons. The maximum absolute atomic E-state index is 13.1. The molecule has 6 nitrogen and oxygen atoms in total. The van der Waals surface area contributed by atoms with Gasteiger partial charge in [0, 0.05) is 32.4 Å². The van der Waals surface area contributed by atoms with E-state index in [1.807, 2.05) is 4.90 Å². The minimum Gasteiger partial charge on any atom is -0.367 e. The molecule has 2 saturated heterocycles. The molecular formula is C21H29F3N4O2. The summed E-state index contributed by atoms with van der Waals surface area (Å²) in [5.74, 6) is 1.12. The van der Waals surface area contributed by atoms with Crippen molar-refractivity contribution in [1.29, 1.82) is 0 Å². The zero-order valence-corrected chi connectivity index (χ0v) is 17.0. The predicted molar refractivity (Wildman–Crippen MR) is 106 cm³/mol. The van der Waals surface area contributed by atoms with Crippen molar-refractivity contribution in [2.75, 3.05) is 51.2 Å². The highest BCUT2D eigenvalue weighted by atomic mass is 19.4. The second kappa shape index (κ2) is 9.09. The number of hydrogen-bond acceptors (Lipinski definition) is 5. The summed E-state index contributed by atoms with van der Waals surface area (Å²) in [7, 11) is 0. The SMILES string of the molecule is O=C1CO[C@@H](CNc2ncccc2C(F)(F)F)CN1CC1CCN(CC2CC2)CC1. The Kier molecular flexibility index (Phi) is 6.48. The highest BCUT2D eigenvalue weighted by Gasteiger charge is 2.35. The van der Waals surface area contributed by atoms with E-state index in [0.29, 0.717) is 19.0 Å². The van der Waals surface area contributed by atoms with Crippen LogP contribution in [0.1, 0.15) is 31.2 Å². The molecule has 4 rings (SSSR count). The average molecular weight is 426 g/mol. The highest BCUT2D eigenvalue weighted by Crippen LogP contribution is 2.33. The second-order valence-corrected chi connectivity index (χ2v) is 8.70. The Morgan fingerprint density at radius 2 is 1.87 bits per heavy atom. The number of hydrogen-bond donors (Lipinski definition) is 1. The first-order valence-corrected chi connectivity index (χ1v) is 10.8. The number of piperidine rings is 1. The Balaban J connectivity index is 1.26. The molecule has 1 aliphatic carbocycles. The minimum absolute atomic E-state index is 0.0266. The number of rotatable bonds is 7. The number of carbonyl (C=O) groups is 1. The molecule has 0 spiro atoms. The number of morpholine rings is 1. The molecular weight excluding hydrogens is 397 g/mol. The van der Waals surface area contributed by atoms with Crippen molar-refractivity contribution in [1.82, 2.24) is 14.8 Å². The summed E-state index contributed by atoms with van der Waals surface area (Å²) in [4.78, 5) is 20.5. The number of alkyl halides is 3. The van der Waals surface area contributed by atoms with E-state index in [2.05, 4.69) is 15.2 Å². The summed E-state index contributed by atoms with van der Waals surface area (Å²) >= 11 is 0. The molecule has 1 saturated carbocycles. The second-order valence-electron chi connectivity index (χ2n) is 8.70. The molecule has 9 heteroatoms. The van der Waals surface area contributed by atoms with Crippen LogP contribution in [0, 0.1) is 11.8 Å². The number of nitrogens with zero attached hydrogens (tertiary/aromatic N) is 3. The van der Waals surface area contributed by atoms with Crippen LogP contribution in [0.4, 0.5) is 19.0 Å². The van der Waals surface area contributed by atoms with Crippen molar-refractivity contribution >= 4 is 11.7 Å². The number of nitrogens with one attached hydrogen (secondary N) is 1. The molecule has 166 valence electrons. The fraction of sp³-hybridized carbons (Fsp3) is 0.714. The first kappa shape index (κ1) is 21.4. The van der Waals surface area contributed by atoms with E-state index in [-0.39, 0.29) is 31.0 Å². The fourth-order valence-corrected chi connectivity index (χ4v) is 4.29. The van der Waals surface area contributed by atoms with Gasteiger partial charge in [0.15, 0.2) is 0 Å². The van der Waals surface area contributed by atoms with Gasteiger partial charge in [-0.15, -0.1) is 0 Å². The molecule has 3 aliphatic rings. The van der Waals surface area contributed by atoms with Crippen molar-refractivity contribution in [3.05, 3.63) is 23.9 Å². The van der Waals surface area contributed by atoms with Crippen LogP contribution in [-0.2, 0) is 15.7 Å². The van der Waals surface area contributed by atoms with Crippen molar-refractivity contribution < 1.29 is 22.7 Å². The van der Waals surface area contributed by atoms with E-state index in [0.717, 1.165) is 37.9 Å². The highest BCUT2D eigenvalue weighted by molar-refractivity contribution is 5.78. The number of likely N-dealkylation sites (tertiary alicyclic amines) is 1. The lowest BCUT2D eigenvalue weighted by Crippen LogP contribution is -2.51. The van der Waals surface area contributed by atoms with E-state index in [4.69, 9.17) is 4.74 Å². The van der Waals surface area contributed by atoms with Gasteiger partial charge in [-0.3, -0.25) is 4.79 Å². The van der Waals surface area contributed by atoms with Crippen LogP contribution in [0.3, 0.4) is 0 Å². The average Bonchev–Trinajstić information content (AvgIpc) is 3.53. The van der Waals surface area contributed by atoms with E-state index < -0.39 is 11.7 Å². The Morgan fingerprint density at radius 1 is 1.13 bits per heavy atom. The van der Waals surface area contributed by atoms with Gasteiger partial charge in [0.1, 0.15) is 12.4 Å². The third-order valence-corrected chi connectivity index (χ3v) is 6.23. The monoisotopic (exact) mass is 426 g/mol. The standard InChI is InChI=1S/C21H29F3N4O2/c22-21(23,24)18-2-1-7-25-20(18)26-10-17-13-28(19(29)14-30-17)12-16-5-8-27(9-6-16)11-15-3-4-15/h1-2,7,15-17H,3-6,8-14H2,(H,25,26)/t17-/m0/s1. The smallest absolute Gasteiger partial charge is 0.367 e. The largest absolute Gasteiger partial charge is 0.419 e. The zero-order valence-electron chi connectivity index (χ0n) is 17.0. The maximum Gasteiger partial charge on any atom is 0.419 e. The van der Waals surface area contributed by atoms with Crippen LogP contribution in [-0.4, -0.2) is 72.7 Å². The lowest BCUT2D eigenvalue weighted by molar-refractivity contribution is -0.149. The number of aromatic nitrogens is 1. The number of anilines is 1. The van der Waals surface area contributed by atoms with Crippen molar-refractivity contribution in [2.45, 2.75) is 38.0 Å². The summed E-state index contributed by atoms with van der Waals surface area (Å²) in [6, 6.07) is 2.27. The molecule has 0 unspecified atom stereocenters. The molecule has 1 aromatic heterocycles. The summed E-state index contributed by atoms with van der Waals surface area (Å²) in [5.41, 5.74) is -0.799. The van der Waals surface area contributed by atoms with E-state index in [1.54, 1.807) is 0 Å². The summed E-state index contributed by atoms with van der Waals surface area (Å²) in [6.07, 6.45) is 1.39. The number of halogens is 3. The number of carbonyl (C=O) groups excluding carboxylic acids is 1. The van der Waals surface area contributed by atoms with Crippen LogP contribution in [0.2, 0.25) is 0 Å². The Labute approximate surface area is 174 Å². The molecule has 3 fully saturated rings. The van der Waals surface area contributed by atoms with Gasteiger partial charge >= 0.3 is 6.18 Å². The van der Waals surface area contributed by atoms with Crippen LogP contribution >= 0.6 is 0 Å². The quantitative estimate of drug-likeness (QED) is 0.727. The summed E-state index contributed by atoms with van der Waals surface area (Å²) < 4.78 is 44.9. The van der Waals surface area contributed by atoms with Crippen LogP contribution in [0.5, 0.6) is 0 Å². The molecule has 3 heterocycles. The molecule has 1 amide bonds. The molecule has 1 N–H and O–H groups in total. The lowest BCUT2D eigenvalue weighted by Gasteiger charge is -2.38. The normalized spacial score (nSPS) is 24.3. The fourth-order valence-electron chi connectivity index (χ4n) is 4.29. The van der Waals surface area contributed by atoms with E-state index >= 15 is 0 Å². The van der Waals surface area contributed by atoms with Gasteiger partial charge in [-0.05, 0) is 62.7 Å². The van der Waals surface area contributed by atoms with Crippen molar-refractivity contribution in [3.63, 3.8) is 0 Å². The predicted octanol–water partition coefficient (Wildman–Crippen LogP) is 2.86. The van der Waals surface area contributed by atoms with Gasteiger partial charge in [-0.25, -0.2) is 4.98 Å². The third kappa shape index (κ3) is 5.63. The van der Waals surface area contributed by atoms with Gasteiger partial charge in [-0.2, -0.15) is 13.2 Å². The molecule has 1 aromatic rings. The van der Waals surface area contributed by atoms with Crippen LogP contribution < -0.4 is 5.32 Å². The van der Waals surface area contributed by atoms with Gasteiger partial charge < -0.3 is 19.9 Å². The van der Waals surface area contributed by atoms with Crippen LogP contribution in [0.15, 0.2) is 18.3 Å². The van der Waals surface area contributed by atoms with Gasteiger partial charge in [-0.1, -0.05) is 0 Å². The first-order chi connectivity index (χ1) is 14.4. The molecule has 30 heavy (non-hydrogen) atoms. The lowest BCUT2D eigenvalue weighted by atomic mass is 9.95.